The van der Waals surface area contributed by atoms with Crippen LogP contribution in [0, 0.1) is 0 Å². The van der Waals surface area contributed by atoms with Crippen molar-refractivity contribution < 1.29 is 32.0 Å². The summed E-state index contributed by atoms with van der Waals surface area (Å²) in [6.45, 7) is 9.74. The van der Waals surface area contributed by atoms with E-state index in [0.717, 1.165) is 23.8 Å². The Bertz CT molecular complexity index is 1290. The van der Waals surface area contributed by atoms with Gasteiger partial charge in [-0.3, -0.25) is 4.55 Å². The molecule has 0 bridgehead atoms. The Kier molecular flexibility index (Phi) is 12.0. The van der Waals surface area contributed by atoms with Crippen molar-refractivity contribution in [3.63, 3.8) is 0 Å². The third-order valence-electron chi connectivity index (χ3n) is 5.19. The van der Waals surface area contributed by atoms with Crippen molar-refractivity contribution in [2.24, 2.45) is 0 Å². The molecule has 9 heteroatoms. The fourth-order valence-electron chi connectivity index (χ4n) is 3.00. The highest BCUT2D eigenvalue weighted by Crippen LogP contribution is 2.13. The molecule has 0 aliphatic carbocycles. The van der Waals surface area contributed by atoms with Gasteiger partial charge in [0.25, 0.3) is 10.1 Å². The van der Waals surface area contributed by atoms with E-state index in [0.29, 0.717) is 12.0 Å². The quantitative estimate of drug-likeness (QED) is 0.250. The van der Waals surface area contributed by atoms with Crippen LogP contribution in [0.5, 0.6) is 0 Å². The van der Waals surface area contributed by atoms with Gasteiger partial charge < -0.3 is 14.4 Å². The van der Waals surface area contributed by atoms with Crippen LogP contribution in [-0.2, 0) is 24.4 Å². The number of hydrogen-bond acceptors (Lipinski definition) is 7. The van der Waals surface area contributed by atoms with Gasteiger partial charge in [-0.15, -0.1) is 0 Å². The highest BCUT2D eigenvalue weighted by atomic mass is 32.2. The largest absolute Gasteiger partial charge is 0.458 e. The maximum atomic E-state index is 12.2. The summed E-state index contributed by atoms with van der Waals surface area (Å²) in [5, 5.41) is 0. The summed E-state index contributed by atoms with van der Waals surface area (Å²) >= 11 is 0. The lowest BCUT2D eigenvalue weighted by molar-refractivity contribution is -0.145. The zero-order valence-corrected chi connectivity index (χ0v) is 21.9. The van der Waals surface area contributed by atoms with Gasteiger partial charge >= 0.3 is 11.9 Å². The lowest BCUT2D eigenvalue weighted by Crippen LogP contribution is -2.23. The number of carbonyl (C=O) groups is 2. The van der Waals surface area contributed by atoms with Crippen molar-refractivity contribution in [2.75, 3.05) is 13.2 Å². The number of hydrogen-bond donors (Lipinski definition) is 1. The van der Waals surface area contributed by atoms with Crippen LogP contribution >= 0.6 is 0 Å². The first-order chi connectivity index (χ1) is 18.2. The topological polar surface area (TPSA) is 110 Å². The molecule has 2 aromatic carbocycles. The van der Waals surface area contributed by atoms with Gasteiger partial charge in [-0.25, -0.2) is 9.59 Å². The van der Waals surface area contributed by atoms with Crippen molar-refractivity contribution in [2.45, 2.75) is 24.3 Å². The Morgan fingerprint density at radius 1 is 1.08 bits per heavy atom. The van der Waals surface area contributed by atoms with Crippen molar-refractivity contribution in [1.82, 2.24) is 4.90 Å². The van der Waals surface area contributed by atoms with Crippen LogP contribution in [0.1, 0.15) is 29.3 Å². The van der Waals surface area contributed by atoms with Gasteiger partial charge in [0.2, 0.25) is 0 Å². The van der Waals surface area contributed by atoms with E-state index in [1.165, 1.54) is 12.1 Å². The number of carbonyl (C=O) groups excluding carboxylic acids is 2. The highest BCUT2D eigenvalue weighted by Gasteiger charge is 2.14. The van der Waals surface area contributed by atoms with Crippen LogP contribution in [0.15, 0.2) is 115 Å². The summed E-state index contributed by atoms with van der Waals surface area (Å²) in [5.74, 6) is -0.981. The average molecular weight is 538 g/mol. The SMILES string of the molecule is C=CC(=O)OC(CC)COC(=O)c1ccc(C=CC2=CCN(C=C)C=C2)cc1.O=S(=O)(O)c1ccccc1. The Labute approximate surface area is 223 Å². The minimum Gasteiger partial charge on any atom is -0.458 e. The summed E-state index contributed by atoms with van der Waals surface area (Å²) in [6, 6.07) is 14.6. The fraction of sp³-hybridized carbons (Fsp3) is 0.172. The smallest absolute Gasteiger partial charge is 0.338 e. The molecular formula is C29H31NO7S. The zero-order valence-electron chi connectivity index (χ0n) is 21.1. The van der Waals surface area contributed by atoms with E-state index < -0.39 is 28.2 Å². The number of nitrogens with zero attached hydrogens (tertiary/aromatic N) is 1. The van der Waals surface area contributed by atoms with E-state index in [4.69, 9.17) is 14.0 Å². The molecular weight excluding hydrogens is 506 g/mol. The van der Waals surface area contributed by atoms with Gasteiger partial charge in [-0.2, -0.15) is 8.42 Å². The molecule has 1 atom stereocenters. The molecule has 8 nitrogen and oxygen atoms in total. The summed E-state index contributed by atoms with van der Waals surface area (Å²) in [5.41, 5.74) is 2.53. The van der Waals surface area contributed by atoms with Crippen LogP contribution < -0.4 is 0 Å². The molecule has 38 heavy (non-hydrogen) atoms. The van der Waals surface area contributed by atoms with E-state index in [1.807, 2.05) is 48.4 Å². The molecule has 0 aromatic heterocycles. The number of ether oxygens (including phenoxy) is 2. The van der Waals surface area contributed by atoms with E-state index in [9.17, 15) is 18.0 Å². The molecule has 0 fully saturated rings. The predicted molar refractivity (Wildman–Crippen MR) is 147 cm³/mol. The van der Waals surface area contributed by atoms with Crippen molar-refractivity contribution in [1.29, 1.82) is 0 Å². The van der Waals surface area contributed by atoms with Crippen LogP contribution in [0.25, 0.3) is 6.08 Å². The van der Waals surface area contributed by atoms with Crippen molar-refractivity contribution >= 4 is 28.1 Å². The minimum atomic E-state index is -4.00. The minimum absolute atomic E-state index is 0.0127. The number of rotatable bonds is 10. The number of allylic oxidation sites excluding steroid dienone is 3. The van der Waals surface area contributed by atoms with E-state index in [2.05, 4.69) is 19.2 Å². The average Bonchev–Trinajstić information content (AvgIpc) is 2.94. The molecule has 0 radical (unpaired) electrons. The summed E-state index contributed by atoms with van der Waals surface area (Å²) < 4.78 is 39.6. The number of benzene rings is 2. The first-order valence-corrected chi connectivity index (χ1v) is 13.2. The van der Waals surface area contributed by atoms with Gasteiger partial charge in [0, 0.05) is 18.8 Å². The Morgan fingerprint density at radius 3 is 2.26 bits per heavy atom. The van der Waals surface area contributed by atoms with Gasteiger partial charge in [0.05, 0.1) is 10.5 Å². The summed E-state index contributed by atoms with van der Waals surface area (Å²) in [4.78, 5) is 25.3. The molecule has 2 aromatic rings. The first-order valence-electron chi connectivity index (χ1n) is 11.7. The van der Waals surface area contributed by atoms with Gasteiger partial charge in [0.1, 0.15) is 12.7 Å². The Balaban J connectivity index is 0.000000423. The molecule has 0 saturated heterocycles. The molecule has 1 aliphatic heterocycles. The molecule has 0 saturated carbocycles. The molecule has 1 heterocycles. The van der Waals surface area contributed by atoms with Crippen molar-refractivity contribution in [3.05, 3.63) is 121 Å². The lowest BCUT2D eigenvalue weighted by atomic mass is 10.1. The Hall–Kier alpha value is -4.21. The lowest BCUT2D eigenvalue weighted by Gasteiger charge is -2.16. The second-order valence-electron chi connectivity index (χ2n) is 7.91. The predicted octanol–water partition coefficient (Wildman–Crippen LogP) is 5.20. The second-order valence-corrected chi connectivity index (χ2v) is 9.33. The fourth-order valence-corrected chi connectivity index (χ4v) is 3.50. The molecule has 200 valence electrons. The van der Waals surface area contributed by atoms with Gasteiger partial charge in [0.15, 0.2) is 0 Å². The molecule has 0 amide bonds. The standard InChI is InChI=1S/C23H25NO4.C6H6O3S/c1-4-21(28-22(25)5-2)17-27-23(26)20-11-9-18(10-12-20)7-8-19-13-15-24(6-3)16-14-19;7-10(8,9)6-4-2-1-3-5-6/h5-15,21H,2-4,16-17H2,1H3;1-5H,(H,7,8,9). The molecule has 0 spiro atoms. The van der Waals surface area contributed by atoms with Crippen molar-refractivity contribution in [3.8, 4) is 0 Å². The normalized spacial score (nSPS) is 13.5. The van der Waals surface area contributed by atoms with Crippen LogP contribution in [0.2, 0.25) is 0 Å². The maximum Gasteiger partial charge on any atom is 0.338 e. The first kappa shape index (κ1) is 30.0. The summed E-state index contributed by atoms with van der Waals surface area (Å²) in [7, 11) is -4.00. The molecule has 1 N–H and O–H groups in total. The molecule has 1 aliphatic rings. The third-order valence-corrected chi connectivity index (χ3v) is 6.06. The number of esters is 2. The van der Waals surface area contributed by atoms with E-state index in [-0.39, 0.29) is 11.5 Å². The summed E-state index contributed by atoms with van der Waals surface area (Å²) in [6.07, 6.45) is 13.0. The van der Waals surface area contributed by atoms with Gasteiger partial charge in [-0.1, -0.05) is 68.6 Å². The second kappa shape index (κ2) is 15.1. The van der Waals surface area contributed by atoms with E-state index in [1.54, 1.807) is 36.5 Å². The Morgan fingerprint density at radius 2 is 1.76 bits per heavy atom. The highest BCUT2D eigenvalue weighted by molar-refractivity contribution is 7.85. The monoisotopic (exact) mass is 537 g/mol. The zero-order chi connectivity index (χ0) is 28.0. The van der Waals surface area contributed by atoms with E-state index >= 15 is 0 Å². The maximum absolute atomic E-state index is 12.2. The van der Waals surface area contributed by atoms with Gasteiger partial charge in [-0.05, 0) is 54.1 Å². The molecule has 3 rings (SSSR count). The van der Waals surface area contributed by atoms with Crippen LogP contribution in [0.3, 0.4) is 0 Å². The van der Waals surface area contributed by atoms with Crippen LogP contribution in [-0.4, -0.2) is 49.1 Å². The third kappa shape index (κ3) is 10.4. The molecule has 1 unspecified atom stereocenters. The van der Waals surface area contributed by atoms with Crippen LogP contribution in [0.4, 0.5) is 0 Å².